The van der Waals surface area contributed by atoms with Gasteiger partial charge in [-0.1, -0.05) is 30.3 Å². The zero-order chi connectivity index (χ0) is 17.6. The Labute approximate surface area is 142 Å². The van der Waals surface area contributed by atoms with Crippen LogP contribution < -0.4 is 10.3 Å². The topological polar surface area (TPSA) is 116 Å². The number of para-hydroxylation sites is 1. The van der Waals surface area contributed by atoms with Gasteiger partial charge < -0.3 is 4.98 Å². The highest BCUT2D eigenvalue weighted by atomic mass is 32.2. The van der Waals surface area contributed by atoms with Crippen molar-refractivity contribution in [2.75, 3.05) is 0 Å². The number of H-pyrrole nitrogens is 1. The van der Waals surface area contributed by atoms with E-state index in [1.165, 1.54) is 6.07 Å². The van der Waals surface area contributed by atoms with Crippen molar-refractivity contribution in [1.82, 2.24) is 14.7 Å². The Balaban J connectivity index is 2.04. The van der Waals surface area contributed by atoms with Crippen LogP contribution in [-0.4, -0.2) is 18.4 Å². The molecule has 0 atom stereocenters. The molecule has 0 spiro atoms. The van der Waals surface area contributed by atoms with Crippen molar-refractivity contribution >= 4 is 32.2 Å². The molecule has 0 fully saturated rings. The van der Waals surface area contributed by atoms with Crippen molar-refractivity contribution in [2.45, 2.75) is 4.90 Å². The third kappa shape index (κ3) is 2.29. The second kappa shape index (κ2) is 5.29. The number of allylic oxidation sites excluding steroid dienone is 1. The highest BCUT2D eigenvalue weighted by molar-refractivity contribution is 7.90. The van der Waals surface area contributed by atoms with Crippen molar-refractivity contribution in [3.63, 3.8) is 0 Å². The molecular weight excluding hydrogens is 340 g/mol. The Morgan fingerprint density at radius 1 is 1.08 bits per heavy atom. The van der Waals surface area contributed by atoms with Gasteiger partial charge in [-0.15, -0.1) is 0 Å². The van der Waals surface area contributed by atoms with Crippen molar-refractivity contribution in [1.29, 1.82) is 5.26 Å². The molecule has 1 aromatic heterocycles. The van der Waals surface area contributed by atoms with Gasteiger partial charge in [0.1, 0.15) is 11.6 Å². The van der Waals surface area contributed by atoms with Gasteiger partial charge in [0.05, 0.1) is 21.5 Å². The lowest BCUT2D eigenvalue weighted by Crippen LogP contribution is -2.16. The van der Waals surface area contributed by atoms with E-state index in [4.69, 9.17) is 0 Å². The Bertz CT molecular complexity index is 1270. The zero-order valence-corrected chi connectivity index (χ0v) is 13.5. The lowest BCUT2D eigenvalue weighted by atomic mass is 10.1. The van der Waals surface area contributed by atoms with Gasteiger partial charge in [0, 0.05) is 5.56 Å². The van der Waals surface area contributed by atoms with Gasteiger partial charge in [-0.05, 0) is 18.2 Å². The third-order valence-corrected chi connectivity index (χ3v) is 5.30. The molecule has 25 heavy (non-hydrogen) atoms. The Morgan fingerprint density at radius 3 is 2.60 bits per heavy atom. The van der Waals surface area contributed by atoms with Crippen LogP contribution in [0.1, 0.15) is 11.4 Å². The summed E-state index contributed by atoms with van der Waals surface area (Å²) >= 11 is 0. The van der Waals surface area contributed by atoms with Crippen LogP contribution >= 0.6 is 0 Å². The average molecular weight is 350 g/mol. The first-order chi connectivity index (χ1) is 12.0. The number of nitriles is 1. The summed E-state index contributed by atoms with van der Waals surface area (Å²) in [5, 5.41) is 9.98. The molecule has 4 rings (SSSR count). The number of aromatic amines is 1. The normalized spacial score (nSPS) is 16.8. The monoisotopic (exact) mass is 350 g/mol. The molecule has 122 valence electrons. The van der Waals surface area contributed by atoms with E-state index in [9.17, 15) is 18.5 Å². The standard InChI is InChI=1S/C17H10N4O3S/c18-9-12(15-11-6-2-4-8-14(11)25(23,24)21-15)16-19-13-7-3-1-5-10(13)17(22)20-16/h1-8,21H,(H,19,20,22)/b15-12+. The predicted molar refractivity (Wildman–Crippen MR) is 91.6 cm³/mol. The Morgan fingerprint density at radius 2 is 1.80 bits per heavy atom. The minimum atomic E-state index is -3.75. The molecule has 2 N–H and O–H groups in total. The number of hydrogen-bond acceptors (Lipinski definition) is 5. The molecule has 0 saturated heterocycles. The number of aromatic nitrogens is 2. The second-order valence-corrected chi connectivity index (χ2v) is 7.05. The lowest BCUT2D eigenvalue weighted by Gasteiger charge is -2.05. The zero-order valence-electron chi connectivity index (χ0n) is 12.6. The summed E-state index contributed by atoms with van der Waals surface area (Å²) in [5.74, 6) is 0.0144. The summed E-state index contributed by atoms with van der Waals surface area (Å²) in [6.07, 6.45) is 0. The van der Waals surface area contributed by atoms with Crippen molar-refractivity contribution < 1.29 is 8.42 Å². The molecule has 7 nitrogen and oxygen atoms in total. The first-order valence-corrected chi connectivity index (χ1v) is 8.75. The van der Waals surface area contributed by atoms with Crippen LogP contribution in [0.4, 0.5) is 0 Å². The smallest absolute Gasteiger partial charge is 0.262 e. The SMILES string of the molecule is N#C/C(=C1\NS(=O)(=O)c2ccccc21)c1nc2ccccc2c(=O)[nH]1. The van der Waals surface area contributed by atoms with Crippen LogP contribution in [0.15, 0.2) is 58.2 Å². The molecule has 3 aromatic rings. The average Bonchev–Trinajstić information content (AvgIpc) is 2.88. The lowest BCUT2D eigenvalue weighted by molar-refractivity contribution is 0.594. The van der Waals surface area contributed by atoms with E-state index in [-0.39, 0.29) is 22.0 Å². The maximum atomic E-state index is 12.2. The van der Waals surface area contributed by atoms with Crippen LogP contribution in [0.3, 0.4) is 0 Å². The summed E-state index contributed by atoms with van der Waals surface area (Å²) < 4.78 is 26.9. The molecule has 0 radical (unpaired) electrons. The summed E-state index contributed by atoms with van der Waals surface area (Å²) in [6.45, 7) is 0. The number of nitrogens with one attached hydrogen (secondary N) is 2. The number of benzene rings is 2. The highest BCUT2D eigenvalue weighted by Gasteiger charge is 2.32. The molecule has 0 amide bonds. The van der Waals surface area contributed by atoms with Crippen LogP contribution in [0, 0.1) is 11.3 Å². The van der Waals surface area contributed by atoms with E-state index < -0.39 is 15.6 Å². The highest BCUT2D eigenvalue weighted by Crippen LogP contribution is 2.33. The first-order valence-electron chi connectivity index (χ1n) is 7.27. The summed E-state index contributed by atoms with van der Waals surface area (Å²) in [6, 6.07) is 15.0. The fourth-order valence-electron chi connectivity index (χ4n) is 2.77. The second-order valence-electron chi connectivity index (χ2n) is 5.40. The summed E-state index contributed by atoms with van der Waals surface area (Å²) in [7, 11) is -3.75. The van der Waals surface area contributed by atoms with Gasteiger partial charge in [0.2, 0.25) is 0 Å². The Kier molecular flexibility index (Phi) is 3.20. The van der Waals surface area contributed by atoms with Crippen LogP contribution in [0.2, 0.25) is 0 Å². The predicted octanol–water partition coefficient (Wildman–Crippen LogP) is 1.61. The van der Waals surface area contributed by atoms with Crippen molar-refractivity contribution in [3.8, 4) is 6.07 Å². The van der Waals surface area contributed by atoms with Crippen molar-refractivity contribution in [2.24, 2.45) is 0 Å². The molecule has 1 aliphatic rings. The van der Waals surface area contributed by atoms with Gasteiger partial charge in [-0.2, -0.15) is 5.26 Å². The molecule has 2 heterocycles. The van der Waals surface area contributed by atoms with E-state index in [0.717, 1.165) is 0 Å². The molecular formula is C17H10N4O3S. The van der Waals surface area contributed by atoms with E-state index in [0.29, 0.717) is 16.5 Å². The molecule has 1 aliphatic heterocycles. The van der Waals surface area contributed by atoms with Crippen LogP contribution in [-0.2, 0) is 10.0 Å². The number of rotatable bonds is 1. The van der Waals surface area contributed by atoms with Crippen molar-refractivity contribution in [3.05, 3.63) is 70.3 Å². The maximum absolute atomic E-state index is 12.2. The first kappa shape index (κ1) is 15.1. The van der Waals surface area contributed by atoms with E-state index in [1.807, 2.05) is 6.07 Å². The van der Waals surface area contributed by atoms with Gasteiger partial charge in [-0.25, -0.2) is 13.4 Å². The fraction of sp³-hybridized carbons (Fsp3) is 0. The van der Waals surface area contributed by atoms with E-state index >= 15 is 0 Å². The number of fused-ring (bicyclic) bond motifs is 2. The minimum Gasteiger partial charge on any atom is -0.305 e. The fourth-order valence-corrected chi connectivity index (χ4v) is 4.08. The Hall–Kier alpha value is -3.44. The summed E-state index contributed by atoms with van der Waals surface area (Å²) in [4.78, 5) is 19.2. The van der Waals surface area contributed by atoms with Gasteiger partial charge in [0.15, 0.2) is 5.82 Å². The van der Waals surface area contributed by atoms with E-state index in [2.05, 4.69) is 14.7 Å². The third-order valence-electron chi connectivity index (χ3n) is 3.89. The van der Waals surface area contributed by atoms with Crippen LogP contribution in [0.5, 0.6) is 0 Å². The molecule has 8 heteroatoms. The maximum Gasteiger partial charge on any atom is 0.262 e. The molecule has 0 bridgehead atoms. The molecule has 2 aromatic carbocycles. The van der Waals surface area contributed by atoms with E-state index in [1.54, 1.807) is 42.5 Å². The molecule has 0 saturated carbocycles. The molecule has 0 unspecified atom stereocenters. The number of hydrogen-bond donors (Lipinski definition) is 2. The largest absolute Gasteiger partial charge is 0.305 e. The summed E-state index contributed by atoms with van der Waals surface area (Å²) in [5.41, 5.74) is 0.453. The van der Waals surface area contributed by atoms with Gasteiger partial charge in [0.25, 0.3) is 15.6 Å². The number of sulfonamides is 1. The quantitative estimate of drug-likeness (QED) is 0.647. The van der Waals surface area contributed by atoms with Gasteiger partial charge in [-0.3, -0.25) is 9.52 Å². The van der Waals surface area contributed by atoms with Crippen LogP contribution in [0.25, 0.3) is 22.2 Å². The minimum absolute atomic E-state index is 0.0144. The van der Waals surface area contributed by atoms with Gasteiger partial charge >= 0.3 is 0 Å². The number of nitrogens with zero attached hydrogens (tertiary/aromatic N) is 2. The molecule has 0 aliphatic carbocycles.